The number of hydrogen-bond donors (Lipinski definition) is 3. The molecule has 0 bridgehead atoms. The van der Waals surface area contributed by atoms with Crippen LogP contribution in [0.4, 0.5) is 4.39 Å². The standard InChI is InChI=1S/C19H20FN5OS2/c1-11-15-10-16(17(26)22-23-19(27)21-13-4-2-3-5-13)28-18(15)25(24-11)14-8-6-12(20)7-9-14/h6-10,13H,2-5H2,1H3,(H,22,26)(H2,21,23,27). The van der Waals surface area contributed by atoms with Crippen molar-refractivity contribution in [1.29, 1.82) is 0 Å². The second-order valence-corrected chi connectivity index (χ2v) is 8.28. The molecule has 28 heavy (non-hydrogen) atoms. The van der Waals surface area contributed by atoms with E-state index >= 15 is 0 Å². The van der Waals surface area contributed by atoms with Gasteiger partial charge in [-0.3, -0.25) is 15.6 Å². The molecule has 2 aromatic heterocycles. The summed E-state index contributed by atoms with van der Waals surface area (Å²) < 4.78 is 14.9. The van der Waals surface area contributed by atoms with Crippen LogP contribution in [0.2, 0.25) is 0 Å². The SMILES string of the molecule is Cc1nn(-c2ccc(F)cc2)c2sc(C(=O)NNC(=S)NC3CCCC3)cc12. The number of nitrogens with one attached hydrogen (secondary N) is 3. The molecule has 1 aromatic carbocycles. The van der Waals surface area contributed by atoms with Crippen LogP contribution in [0.1, 0.15) is 41.0 Å². The van der Waals surface area contributed by atoms with Gasteiger partial charge in [-0.15, -0.1) is 11.3 Å². The Labute approximate surface area is 171 Å². The average molecular weight is 418 g/mol. The number of hydrazine groups is 1. The topological polar surface area (TPSA) is 71.0 Å². The molecule has 3 N–H and O–H groups in total. The molecule has 0 unspecified atom stereocenters. The number of thiocarbonyl (C=S) groups is 1. The number of carbonyl (C=O) groups is 1. The quantitative estimate of drug-likeness (QED) is 0.449. The van der Waals surface area contributed by atoms with E-state index in [4.69, 9.17) is 12.2 Å². The second kappa shape index (κ2) is 7.84. The van der Waals surface area contributed by atoms with Gasteiger partial charge in [0.05, 0.1) is 16.3 Å². The van der Waals surface area contributed by atoms with E-state index in [1.807, 2.05) is 13.0 Å². The lowest BCUT2D eigenvalue weighted by Crippen LogP contribution is -2.49. The first-order chi connectivity index (χ1) is 13.5. The summed E-state index contributed by atoms with van der Waals surface area (Å²) in [5.41, 5.74) is 6.97. The first-order valence-corrected chi connectivity index (χ1v) is 10.4. The fourth-order valence-electron chi connectivity index (χ4n) is 3.38. The summed E-state index contributed by atoms with van der Waals surface area (Å²) in [5.74, 6) is -0.565. The van der Waals surface area contributed by atoms with E-state index in [1.165, 1.54) is 36.3 Å². The highest BCUT2D eigenvalue weighted by Gasteiger charge is 2.18. The van der Waals surface area contributed by atoms with Gasteiger partial charge in [0.2, 0.25) is 0 Å². The monoisotopic (exact) mass is 417 g/mol. The summed E-state index contributed by atoms with van der Waals surface area (Å²) in [7, 11) is 0. The van der Waals surface area contributed by atoms with Gasteiger partial charge in [0.25, 0.3) is 5.91 Å². The number of aryl methyl sites for hydroxylation is 1. The Morgan fingerprint density at radius 2 is 1.96 bits per heavy atom. The van der Waals surface area contributed by atoms with Gasteiger partial charge in [0.15, 0.2) is 5.11 Å². The Morgan fingerprint density at radius 1 is 1.25 bits per heavy atom. The Morgan fingerprint density at radius 3 is 2.68 bits per heavy atom. The van der Waals surface area contributed by atoms with Gasteiger partial charge >= 0.3 is 0 Å². The number of nitrogens with zero attached hydrogens (tertiary/aromatic N) is 2. The first-order valence-electron chi connectivity index (χ1n) is 9.13. The normalized spacial score (nSPS) is 14.4. The molecule has 0 radical (unpaired) electrons. The van der Waals surface area contributed by atoms with Crippen molar-refractivity contribution in [2.24, 2.45) is 0 Å². The summed E-state index contributed by atoms with van der Waals surface area (Å²) in [6, 6.07) is 8.30. The van der Waals surface area contributed by atoms with Gasteiger partial charge < -0.3 is 5.32 Å². The Balaban J connectivity index is 1.48. The third kappa shape index (κ3) is 3.85. The highest BCUT2D eigenvalue weighted by Crippen LogP contribution is 2.30. The molecule has 1 amide bonds. The molecule has 0 aliphatic heterocycles. The van der Waals surface area contributed by atoms with Gasteiger partial charge in [-0.25, -0.2) is 9.07 Å². The zero-order chi connectivity index (χ0) is 19.7. The molecule has 2 heterocycles. The van der Waals surface area contributed by atoms with Crippen molar-refractivity contribution >= 4 is 44.8 Å². The minimum atomic E-state index is -0.302. The third-order valence-corrected chi connectivity index (χ3v) is 6.15. The van der Waals surface area contributed by atoms with Crippen LogP contribution in [0.25, 0.3) is 15.9 Å². The summed E-state index contributed by atoms with van der Waals surface area (Å²) in [5, 5.41) is 9.04. The van der Waals surface area contributed by atoms with Crippen molar-refractivity contribution in [3.8, 4) is 5.69 Å². The average Bonchev–Trinajstić information content (AvgIpc) is 3.39. The van der Waals surface area contributed by atoms with Crippen LogP contribution in [-0.2, 0) is 0 Å². The number of hydrogen-bond acceptors (Lipinski definition) is 4. The number of aromatic nitrogens is 2. The molecule has 3 aromatic rings. The lowest BCUT2D eigenvalue weighted by atomic mass is 10.3. The number of thiophene rings is 1. The van der Waals surface area contributed by atoms with Crippen molar-refractivity contribution in [3.63, 3.8) is 0 Å². The fourth-order valence-corrected chi connectivity index (χ4v) is 4.68. The molecule has 0 saturated heterocycles. The molecule has 4 rings (SSSR count). The zero-order valence-electron chi connectivity index (χ0n) is 15.3. The smallest absolute Gasteiger partial charge is 0.279 e. The Bertz CT molecular complexity index is 1020. The Kier molecular flexibility index (Phi) is 5.27. The van der Waals surface area contributed by atoms with Gasteiger partial charge in [-0.1, -0.05) is 12.8 Å². The van der Waals surface area contributed by atoms with Crippen molar-refractivity contribution in [2.45, 2.75) is 38.6 Å². The van der Waals surface area contributed by atoms with E-state index in [-0.39, 0.29) is 11.7 Å². The largest absolute Gasteiger partial charge is 0.359 e. The number of halogens is 1. The van der Waals surface area contributed by atoms with Gasteiger partial charge in [0, 0.05) is 11.4 Å². The minimum absolute atomic E-state index is 0.262. The fraction of sp³-hybridized carbons (Fsp3) is 0.316. The molecule has 0 atom stereocenters. The molecule has 6 nitrogen and oxygen atoms in total. The van der Waals surface area contributed by atoms with Gasteiger partial charge in [-0.2, -0.15) is 5.10 Å². The van der Waals surface area contributed by atoms with E-state index in [0.29, 0.717) is 16.0 Å². The molecule has 9 heteroatoms. The molecule has 1 aliphatic rings. The predicted octanol–water partition coefficient (Wildman–Crippen LogP) is 3.59. The van der Waals surface area contributed by atoms with Crippen molar-refractivity contribution in [1.82, 2.24) is 25.9 Å². The van der Waals surface area contributed by atoms with Crippen molar-refractivity contribution in [3.05, 3.63) is 46.7 Å². The van der Waals surface area contributed by atoms with E-state index in [9.17, 15) is 9.18 Å². The van der Waals surface area contributed by atoms with E-state index in [0.717, 1.165) is 34.4 Å². The lowest BCUT2D eigenvalue weighted by molar-refractivity contribution is 0.0947. The maximum atomic E-state index is 13.2. The first kappa shape index (κ1) is 18.8. The molecule has 1 saturated carbocycles. The van der Waals surface area contributed by atoms with E-state index in [2.05, 4.69) is 21.3 Å². The lowest BCUT2D eigenvalue weighted by Gasteiger charge is -2.15. The van der Waals surface area contributed by atoms with Crippen LogP contribution in [0.15, 0.2) is 30.3 Å². The van der Waals surface area contributed by atoms with Crippen LogP contribution in [0.3, 0.4) is 0 Å². The highest BCUT2D eigenvalue weighted by atomic mass is 32.1. The molecule has 1 fully saturated rings. The van der Waals surface area contributed by atoms with Crippen LogP contribution >= 0.6 is 23.6 Å². The Hall–Kier alpha value is -2.52. The number of rotatable bonds is 3. The minimum Gasteiger partial charge on any atom is -0.359 e. The summed E-state index contributed by atoms with van der Waals surface area (Å²) >= 11 is 6.57. The highest BCUT2D eigenvalue weighted by molar-refractivity contribution is 7.80. The number of benzene rings is 1. The third-order valence-electron chi connectivity index (χ3n) is 4.82. The van der Waals surface area contributed by atoms with Crippen LogP contribution in [0, 0.1) is 12.7 Å². The maximum Gasteiger partial charge on any atom is 0.279 e. The summed E-state index contributed by atoms with van der Waals surface area (Å²) in [6.07, 6.45) is 4.62. The van der Waals surface area contributed by atoms with Crippen LogP contribution in [0.5, 0.6) is 0 Å². The molecular weight excluding hydrogens is 397 g/mol. The van der Waals surface area contributed by atoms with Gasteiger partial charge in [0.1, 0.15) is 10.6 Å². The maximum absolute atomic E-state index is 13.2. The van der Waals surface area contributed by atoms with E-state index < -0.39 is 0 Å². The zero-order valence-corrected chi connectivity index (χ0v) is 16.9. The summed E-state index contributed by atoms with van der Waals surface area (Å²) in [6.45, 7) is 1.88. The van der Waals surface area contributed by atoms with Gasteiger partial charge in [-0.05, 0) is 62.3 Å². The molecule has 1 aliphatic carbocycles. The van der Waals surface area contributed by atoms with Crippen LogP contribution < -0.4 is 16.2 Å². The molecule has 146 valence electrons. The summed E-state index contributed by atoms with van der Waals surface area (Å²) in [4.78, 5) is 13.9. The number of amides is 1. The van der Waals surface area contributed by atoms with Crippen LogP contribution in [-0.4, -0.2) is 26.8 Å². The van der Waals surface area contributed by atoms with Crippen molar-refractivity contribution < 1.29 is 9.18 Å². The van der Waals surface area contributed by atoms with Crippen molar-refractivity contribution in [2.75, 3.05) is 0 Å². The number of carbonyl (C=O) groups excluding carboxylic acids is 1. The predicted molar refractivity (Wildman–Crippen MR) is 112 cm³/mol. The number of fused-ring (bicyclic) bond motifs is 1. The molecule has 0 spiro atoms. The molecular formula is C19H20FN5OS2. The van der Waals surface area contributed by atoms with E-state index in [1.54, 1.807) is 16.8 Å². The second-order valence-electron chi connectivity index (χ2n) is 6.84.